The minimum atomic E-state index is -0.562. The van der Waals surface area contributed by atoms with Gasteiger partial charge in [0.15, 0.2) is 6.54 Å². The number of benzene rings is 1. The van der Waals surface area contributed by atoms with Crippen molar-refractivity contribution < 1.29 is 9.72 Å². The van der Waals surface area contributed by atoms with Crippen molar-refractivity contribution in [1.82, 2.24) is 19.6 Å². The maximum Gasteiger partial charge on any atom is 0.345 e. The number of aryl methyl sites for hydroxylation is 2. The lowest BCUT2D eigenvalue weighted by Gasteiger charge is -2.03. The van der Waals surface area contributed by atoms with Crippen molar-refractivity contribution >= 4 is 17.4 Å². The van der Waals surface area contributed by atoms with Crippen LogP contribution in [-0.2, 0) is 17.9 Å². The first-order valence-corrected chi connectivity index (χ1v) is 7.97. The van der Waals surface area contributed by atoms with Crippen LogP contribution in [0.3, 0.4) is 0 Å². The number of anilines is 1. The molecule has 0 radical (unpaired) electrons. The smallest absolute Gasteiger partial charge is 0.345 e. The number of rotatable bonds is 6. The third-order valence-electron chi connectivity index (χ3n) is 3.71. The lowest BCUT2D eigenvalue weighted by Crippen LogP contribution is -2.20. The number of nitro groups is 1. The average Bonchev–Trinajstić information content (AvgIpc) is 3.13. The molecule has 0 aliphatic rings. The first-order valence-electron chi connectivity index (χ1n) is 7.97. The maximum atomic E-state index is 12.1. The molecule has 3 aromatic rings. The van der Waals surface area contributed by atoms with Gasteiger partial charge in [-0.15, -0.1) is 4.68 Å². The van der Waals surface area contributed by atoms with Crippen molar-refractivity contribution in [2.24, 2.45) is 0 Å². The Morgan fingerprint density at radius 3 is 2.85 bits per heavy atom. The highest BCUT2D eigenvalue weighted by molar-refractivity contribution is 5.90. The molecule has 26 heavy (non-hydrogen) atoms. The second-order valence-corrected chi connectivity index (χ2v) is 6.02. The van der Waals surface area contributed by atoms with Crippen LogP contribution in [0, 0.1) is 24.0 Å². The van der Waals surface area contributed by atoms with E-state index in [9.17, 15) is 14.9 Å². The molecule has 1 N–H and O–H groups in total. The van der Waals surface area contributed by atoms with Crippen LogP contribution in [0.1, 0.15) is 16.8 Å². The topological polar surface area (TPSA) is 108 Å². The molecule has 0 saturated carbocycles. The van der Waals surface area contributed by atoms with Gasteiger partial charge >= 0.3 is 5.82 Å². The Morgan fingerprint density at radius 1 is 1.31 bits per heavy atom. The fourth-order valence-corrected chi connectivity index (χ4v) is 2.64. The van der Waals surface area contributed by atoms with Gasteiger partial charge in [0.25, 0.3) is 5.91 Å². The van der Waals surface area contributed by atoms with E-state index in [1.54, 1.807) is 17.8 Å². The van der Waals surface area contributed by atoms with Gasteiger partial charge < -0.3 is 15.4 Å². The standard InChI is InChI=1S/C17H18N6O3/c1-12-4-3-5-14(6-12)9-21-10-15(8-18-21)19-16(24)11-22-17(23(25)26)7-13(2)20-22/h3-8,10H,9,11H2,1-2H3,(H,19,24). The van der Waals surface area contributed by atoms with E-state index in [-0.39, 0.29) is 12.4 Å². The van der Waals surface area contributed by atoms with E-state index < -0.39 is 10.8 Å². The van der Waals surface area contributed by atoms with Crippen LogP contribution >= 0.6 is 0 Å². The lowest BCUT2D eigenvalue weighted by atomic mass is 10.1. The van der Waals surface area contributed by atoms with E-state index in [4.69, 9.17) is 0 Å². The summed E-state index contributed by atoms with van der Waals surface area (Å²) in [5, 5.41) is 21.9. The molecule has 0 atom stereocenters. The third-order valence-corrected chi connectivity index (χ3v) is 3.71. The molecule has 0 unspecified atom stereocenters. The summed E-state index contributed by atoms with van der Waals surface area (Å²) in [5.74, 6) is -0.626. The Bertz CT molecular complexity index is 959. The van der Waals surface area contributed by atoms with Crippen LogP contribution in [0.4, 0.5) is 11.5 Å². The summed E-state index contributed by atoms with van der Waals surface area (Å²) in [6.07, 6.45) is 3.25. The minimum absolute atomic E-state index is 0.215. The normalized spacial score (nSPS) is 10.7. The van der Waals surface area contributed by atoms with Crippen molar-refractivity contribution in [2.75, 3.05) is 5.32 Å². The number of nitrogens with zero attached hydrogens (tertiary/aromatic N) is 5. The highest BCUT2D eigenvalue weighted by atomic mass is 16.6. The number of hydrogen-bond donors (Lipinski definition) is 1. The second-order valence-electron chi connectivity index (χ2n) is 6.02. The molecule has 0 aliphatic heterocycles. The number of amides is 1. The molecule has 1 aromatic carbocycles. The van der Waals surface area contributed by atoms with Gasteiger partial charge in [0, 0.05) is 6.20 Å². The van der Waals surface area contributed by atoms with Gasteiger partial charge in [-0.05, 0) is 24.3 Å². The molecular weight excluding hydrogens is 336 g/mol. The molecule has 0 aliphatic carbocycles. The van der Waals surface area contributed by atoms with Crippen LogP contribution in [-0.4, -0.2) is 30.4 Å². The van der Waals surface area contributed by atoms with E-state index in [1.807, 2.05) is 25.1 Å². The number of aromatic nitrogens is 4. The number of carbonyl (C=O) groups is 1. The van der Waals surface area contributed by atoms with Gasteiger partial charge in [-0.2, -0.15) is 5.10 Å². The van der Waals surface area contributed by atoms with Crippen LogP contribution in [0.2, 0.25) is 0 Å². The van der Waals surface area contributed by atoms with Gasteiger partial charge in [-0.3, -0.25) is 9.48 Å². The predicted molar refractivity (Wildman–Crippen MR) is 94.8 cm³/mol. The monoisotopic (exact) mass is 354 g/mol. The van der Waals surface area contributed by atoms with Gasteiger partial charge in [0.1, 0.15) is 0 Å². The average molecular weight is 354 g/mol. The van der Waals surface area contributed by atoms with Crippen molar-refractivity contribution in [3.63, 3.8) is 0 Å². The molecule has 0 spiro atoms. The quantitative estimate of drug-likeness (QED) is 0.540. The van der Waals surface area contributed by atoms with Crippen molar-refractivity contribution in [3.05, 3.63) is 69.7 Å². The van der Waals surface area contributed by atoms with Crippen LogP contribution in [0.15, 0.2) is 42.7 Å². The SMILES string of the molecule is Cc1cccc(Cn2cc(NC(=O)Cn3nc(C)cc3[N+](=O)[O-])cn2)c1. The van der Waals surface area contributed by atoms with E-state index in [0.717, 1.165) is 10.2 Å². The molecule has 0 bridgehead atoms. The zero-order chi connectivity index (χ0) is 18.7. The summed E-state index contributed by atoms with van der Waals surface area (Å²) in [4.78, 5) is 22.6. The van der Waals surface area contributed by atoms with Crippen LogP contribution in [0.5, 0.6) is 0 Å². The van der Waals surface area contributed by atoms with Gasteiger partial charge in [0.2, 0.25) is 0 Å². The number of carbonyl (C=O) groups excluding carboxylic acids is 1. The Morgan fingerprint density at radius 2 is 2.12 bits per heavy atom. The van der Waals surface area contributed by atoms with E-state index in [0.29, 0.717) is 17.9 Å². The van der Waals surface area contributed by atoms with Gasteiger partial charge in [0.05, 0.1) is 30.2 Å². The molecular formula is C17H18N6O3. The predicted octanol–water partition coefficient (Wildman–Crippen LogP) is 2.29. The molecule has 9 nitrogen and oxygen atoms in total. The van der Waals surface area contributed by atoms with E-state index in [2.05, 4.69) is 21.6 Å². The fourth-order valence-electron chi connectivity index (χ4n) is 2.64. The summed E-state index contributed by atoms with van der Waals surface area (Å²) in [6.45, 7) is 4.00. The number of nitrogens with one attached hydrogen (secondary N) is 1. The summed E-state index contributed by atoms with van der Waals surface area (Å²) in [6, 6.07) is 9.41. The zero-order valence-corrected chi connectivity index (χ0v) is 14.4. The van der Waals surface area contributed by atoms with Crippen molar-refractivity contribution in [3.8, 4) is 0 Å². The van der Waals surface area contributed by atoms with Gasteiger partial charge in [-0.1, -0.05) is 34.9 Å². The molecule has 2 aromatic heterocycles. The van der Waals surface area contributed by atoms with Crippen LogP contribution in [0.25, 0.3) is 0 Å². The molecule has 9 heteroatoms. The zero-order valence-electron chi connectivity index (χ0n) is 14.4. The second kappa shape index (κ2) is 7.18. The Hall–Kier alpha value is -3.49. The maximum absolute atomic E-state index is 12.1. The molecule has 2 heterocycles. The largest absolute Gasteiger partial charge is 0.358 e. The third kappa shape index (κ3) is 4.12. The summed E-state index contributed by atoms with van der Waals surface area (Å²) in [7, 11) is 0. The highest BCUT2D eigenvalue weighted by Crippen LogP contribution is 2.14. The summed E-state index contributed by atoms with van der Waals surface area (Å²) < 4.78 is 2.78. The van der Waals surface area contributed by atoms with E-state index >= 15 is 0 Å². The molecule has 0 fully saturated rings. The van der Waals surface area contributed by atoms with Crippen LogP contribution < -0.4 is 5.32 Å². The Kier molecular flexibility index (Phi) is 4.78. The van der Waals surface area contributed by atoms with Crippen molar-refractivity contribution in [2.45, 2.75) is 26.9 Å². The number of hydrogen-bond acceptors (Lipinski definition) is 5. The molecule has 1 amide bonds. The summed E-state index contributed by atoms with van der Waals surface area (Å²) >= 11 is 0. The first kappa shape index (κ1) is 17.3. The molecule has 0 saturated heterocycles. The lowest BCUT2D eigenvalue weighted by molar-refractivity contribution is -0.392. The van der Waals surface area contributed by atoms with E-state index in [1.165, 1.54) is 17.8 Å². The van der Waals surface area contributed by atoms with Crippen molar-refractivity contribution in [1.29, 1.82) is 0 Å². The molecule has 3 rings (SSSR count). The molecule has 134 valence electrons. The summed E-state index contributed by atoms with van der Waals surface area (Å²) in [5.41, 5.74) is 3.28. The Labute approximate surface area is 149 Å². The minimum Gasteiger partial charge on any atom is -0.358 e. The highest BCUT2D eigenvalue weighted by Gasteiger charge is 2.19. The van der Waals surface area contributed by atoms with Gasteiger partial charge in [-0.25, -0.2) is 0 Å². The Balaban J connectivity index is 1.64. The first-order chi connectivity index (χ1) is 12.4. The fraction of sp³-hybridized carbons (Fsp3) is 0.235.